The van der Waals surface area contributed by atoms with Crippen molar-refractivity contribution in [1.29, 1.82) is 0 Å². The molecule has 0 radical (unpaired) electrons. The van der Waals surface area contributed by atoms with Crippen LogP contribution in [0.2, 0.25) is 0 Å². The fourth-order valence-corrected chi connectivity index (χ4v) is 3.58. The second kappa shape index (κ2) is 12.1. The maximum Gasteiger partial charge on any atom is 0.219 e. The van der Waals surface area contributed by atoms with Crippen LogP contribution in [0.5, 0.6) is 0 Å². The van der Waals surface area contributed by atoms with Gasteiger partial charge in [0.25, 0.3) is 0 Å². The van der Waals surface area contributed by atoms with Gasteiger partial charge in [-0.3, -0.25) is 4.79 Å². The fraction of sp³-hybridized carbons (Fsp3) is 0.947. The van der Waals surface area contributed by atoms with E-state index >= 15 is 0 Å². The summed E-state index contributed by atoms with van der Waals surface area (Å²) in [4.78, 5) is 14.1. The lowest BCUT2D eigenvalue weighted by Crippen LogP contribution is -2.39. The van der Waals surface area contributed by atoms with Gasteiger partial charge < -0.3 is 4.90 Å². The van der Waals surface area contributed by atoms with E-state index in [9.17, 15) is 4.79 Å². The van der Waals surface area contributed by atoms with Crippen molar-refractivity contribution in [2.75, 3.05) is 6.54 Å². The quantitative estimate of drug-likeness (QED) is 0.374. The van der Waals surface area contributed by atoms with Gasteiger partial charge in [0.2, 0.25) is 5.91 Å². The van der Waals surface area contributed by atoms with E-state index in [1.54, 1.807) is 6.92 Å². The molecule has 0 saturated heterocycles. The third-order valence-corrected chi connectivity index (χ3v) is 4.92. The molecule has 2 nitrogen and oxygen atoms in total. The summed E-state index contributed by atoms with van der Waals surface area (Å²) in [5.74, 6) is 0.296. The maximum atomic E-state index is 11.9. The Bertz CT molecular complexity index is 256. The van der Waals surface area contributed by atoms with Crippen LogP contribution in [0.4, 0.5) is 0 Å². The molecular formula is C19H37NO. The van der Waals surface area contributed by atoms with Crippen LogP contribution < -0.4 is 0 Å². The summed E-state index contributed by atoms with van der Waals surface area (Å²) < 4.78 is 0. The Kier molecular flexibility index (Phi) is 10.6. The monoisotopic (exact) mass is 295 g/mol. The zero-order valence-electron chi connectivity index (χ0n) is 14.5. The molecule has 0 unspecified atom stereocenters. The summed E-state index contributed by atoms with van der Waals surface area (Å²) in [6.07, 6.45) is 18.5. The van der Waals surface area contributed by atoms with Crippen molar-refractivity contribution in [3.05, 3.63) is 0 Å². The highest BCUT2D eigenvalue weighted by Gasteiger charge is 2.21. The summed E-state index contributed by atoms with van der Waals surface area (Å²) in [6.45, 7) is 5.02. The molecule has 0 bridgehead atoms. The Morgan fingerprint density at radius 1 is 0.857 bits per heavy atom. The van der Waals surface area contributed by atoms with Crippen LogP contribution >= 0.6 is 0 Å². The molecule has 21 heavy (non-hydrogen) atoms. The van der Waals surface area contributed by atoms with Crippen LogP contribution in [0.3, 0.4) is 0 Å². The molecule has 0 aliphatic heterocycles. The second-order valence-corrected chi connectivity index (χ2v) is 6.83. The van der Waals surface area contributed by atoms with Gasteiger partial charge in [-0.2, -0.15) is 0 Å². The first kappa shape index (κ1) is 18.5. The van der Waals surface area contributed by atoms with Gasteiger partial charge >= 0.3 is 0 Å². The maximum absolute atomic E-state index is 11.9. The topological polar surface area (TPSA) is 20.3 Å². The molecule has 124 valence electrons. The Morgan fingerprint density at radius 3 is 1.90 bits per heavy atom. The fourth-order valence-electron chi connectivity index (χ4n) is 3.58. The van der Waals surface area contributed by atoms with Crippen molar-refractivity contribution < 1.29 is 4.79 Å². The molecule has 0 heterocycles. The van der Waals surface area contributed by atoms with Crippen molar-refractivity contribution in [3.8, 4) is 0 Å². The summed E-state index contributed by atoms with van der Waals surface area (Å²) in [7, 11) is 0. The van der Waals surface area contributed by atoms with Crippen LogP contribution in [0.1, 0.15) is 104 Å². The van der Waals surface area contributed by atoms with Gasteiger partial charge in [-0.15, -0.1) is 0 Å². The average Bonchev–Trinajstić information content (AvgIpc) is 2.74. The Labute approximate surface area is 132 Å². The second-order valence-electron chi connectivity index (χ2n) is 6.83. The molecule has 1 saturated carbocycles. The first-order chi connectivity index (χ1) is 10.3. The van der Waals surface area contributed by atoms with Crippen LogP contribution in [0, 0.1) is 0 Å². The molecule has 0 spiro atoms. The van der Waals surface area contributed by atoms with Crippen molar-refractivity contribution in [2.24, 2.45) is 0 Å². The predicted molar refractivity (Wildman–Crippen MR) is 91.5 cm³/mol. The lowest BCUT2D eigenvalue weighted by molar-refractivity contribution is -0.131. The van der Waals surface area contributed by atoms with E-state index in [-0.39, 0.29) is 0 Å². The highest BCUT2D eigenvalue weighted by Crippen LogP contribution is 2.22. The molecule has 1 fully saturated rings. The molecule has 1 amide bonds. The lowest BCUT2D eigenvalue weighted by atomic mass is 10.1. The van der Waals surface area contributed by atoms with E-state index < -0.39 is 0 Å². The van der Waals surface area contributed by atoms with E-state index in [2.05, 4.69) is 11.8 Å². The zero-order chi connectivity index (χ0) is 15.3. The van der Waals surface area contributed by atoms with Gasteiger partial charge in [0.1, 0.15) is 0 Å². The van der Waals surface area contributed by atoms with Gasteiger partial charge in [0.05, 0.1) is 0 Å². The number of unbranched alkanes of at least 4 members (excludes halogenated alkanes) is 7. The summed E-state index contributed by atoms with van der Waals surface area (Å²) in [6, 6.07) is 0.537. The largest absolute Gasteiger partial charge is 0.340 e. The number of carbonyl (C=O) groups excluding carboxylic acids is 1. The number of carbonyl (C=O) groups is 1. The average molecular weight is 296 g/mol. The molecule has 1 rings (SSSR count). The third kappa shape index (κ3) is 8.48. The minimum atomic E-state index is 0.296. The van der Waals surface area contributed by atoms with Gasteiger partial charge in [-0.1, -0.05) is 77.6 Å². The molecule has 2 heteroatoms. The normalized spacial score (nSPS) is 16.7. The number of nitrogens with zero attached hydrogens (tertiary/aromatic N) is 1. The molecule has 0 aromatic carbocycles. The van der Waals surface area contributed by atoms with E-state index in [1.165, 1.54) is 89.9 Å². The standard InChI is InChI=1S/C19H37NO/c1-3-4-5-6-7-8-11-14-17-20(18(2)21)19-15-12-9-10-13-16-19/h19H,3-17H2,1-2H3. The molecule has 1 aliphatic carbocycles. The molecule has 0 atom stereocenters. The molecular weight excluding hydrogens is 258 g/mol. The van der Waals surface area contributed by atoms with Crippen molar-refractivity contribution in [2.45, 2.75) is 110 Å². The van der Waals surface area contributed by atoms with E-state index in [0.29, 0.717) is 11.9 Å². The van der Waals surface area contributed by atoms with E-state index in [1.807, 2.05) is 0 Å². The van der Waals surface area contributed by atoms with E-state index in [0.717, 1.165) is 6.54 Å². The highest BCUT2D eigenvalue weighted by molar-refractivity contribution is 5.73. The summed E-state index contributed by atoms with van der Waals surface area (Å²) >= 11 is 0. The Balaban J connectivity index is 2.14. The van der Waals surface area contributed by atoms with Crippen LogP contribution in [0.25, 0.3) is 0 Å². The first-order valence-electron chi connectivity index (χ1n) is 9.53. The summed E-state index contributed by atoms with van der Waals surface area (Å²) in [5.41, 5.74) is 0. The Hall–Kier alpha value is -0.530. The highest BCUT2D eigenvalue weighted by atomic mass is 16.2. The summed E-state index contributed by atoms with van der Waals surface area (Å²) in [5, 5.41) is 0. The van der Waals surface area contributed by atoms with Gasteiger partial charge in [0, 0.05) is 19.5 Å². The Morgan fingerprint density at radius 2 is 1.38 bits per heavy atom. The number of hydrogen-bond donors (Lipinski definition) is 0. The predicted octanol–water partition coefficient (Wildman–Crippen LogP) is 5.70. The minimum Gasteiger partial charge on any atom is -0.340 e. The van der Waals surface area contributed by atoms with Crippen molar-refractivity contribution in [3.63, 3.8) is 0 Å². The smallest absolute Gasteiger partial charge is 0.219 e. The van der Waals surface area contributed by atoms with Gasteiger partial charge in [-0.25, -0.2) is 0 Å². The molecule has 0 N–H and O–H groups in total. The molecule has 1 aliphatic rings. The SMILES string of the molecule is CCCCCCCCCCN(C(C)=O)C1CCCCCC1. The van der Waals surface area contributed by atoms with Crippen LogP contribution in [0.15, 0.2) is 0 Å². The molecule has 0 aromatic heterocycles. The minimum absolute atomic E-state index is 0.296. The van der Waals surface area contributed by atoms with E-state index in [4.69, 9.17) is 0 Å². The third-order valence-electron chi connectivity index (χ3n) is 4.92. The zero-order valence-corrected chi connectivity index (χ0v) is 14.5. The van der Waals surface area contributed by atoms with Crippen molar-refractivity contribution >= 4 is 5.91 Å². The van der Waals surface area contributed by atoms with Crippen molar-refractivity contribution in [1.82, 2.24) is 4.90 Å². The number of hydrogen-bond acceptors (Lipinski definition) is 1. The lowest BCUT2D eigenvalue weighted by Gasteiger charge is -2.30. The van der Waals surface area contributed by atoms with Crippen LogP contribution in [-0.4, -0.2) is 23.4 Å². The number of amides is 1. The van der Waals surface area contributed by atoms with Gasteiger partial charge in [0.15, 0.2) is 0 Å². The molecule has 0 aromatic rings. The van der Waals surface area contributed by atoms with Crippen LogP contribution in [-0.2, 0) is 4.79 Å². The van der Waals surface area contributed by atoms with Gasteiger partial charge in [-0.05, 0) is 19.3 Å². The first-order valence-corrected chi connectivity index (χ1v) is 9.53. The number of rotatable bonds is 10.